The molecule has 0 aliphatic heterocycles. The molecule has 0 amide bonds. The fourth-order valence-corrected chi connectivity index (χ4v) is 1.56. The number of hydrogen-bond donors (Lipinski definition) is 2. The van der Waals surface area contributed by atoms with Gasteiger partial charge in [-0.1, -0.05) is 11.6 Å². The van der Waals surface area contributed by atoms with Crippen LogP contribution in [0.15, 0.2) is 18.2 Å². The molecule has 0 unspecified atom stereocenters. The first-order valence-electron chi connectivity index (χ1n) is 5.12. The fraction of sp³-hybridized carbons (Fsp3) is 0.364. The molecule has 2 N–H and O–H groups in total. The van der Waals surface area contributed by atoms with Crippen molar-refractivity contribution in [1.29, 1.82) is 0 Å². The van der Waals surface area contributed by atoms with Crippen molar-refractivity contribution < 1.29 is 9.13 Å². The molecule has 94 valence electrons. The minimum absolute atomic E-state index is 0.266. The van der Waals surface area contributed by atoms with Crippen molar-refractivity contribution in [2.24, 2.45) is 0 Å². The molecule has 1 aromatic carbocycles. The summed E-state index contributed by atoms with van der Waals surface area (Å²) in [5.41, 5.74) is 0.266. The number of nitrogens with one attached hydrogen (secondary N) is 2. The summed E-state index contributed by atoms with van der Waals surface area (Å²) < 4.78 is 18.2. The molecule has 0 spiro atoms. The summed E-state index contributed by atoms with van der Waals surface area (Å²) in [5.74, 6) is -0.393. The van der Waals surface area contributed by atoms with Gasteiger partial charge in [0.1, 0.15) is 5.82 Å². The first kappa shape index (κ1) is 14.2. The summed E-state index contributed by atoms with van der Waals surface area (Å²) >= 11 is 10.8. The summed E-state index contributed by atoms with van der Waals surface area (Å²) in [5, 5.41) is 6.51. The number of anilines is 1. The highest BCUT2D eigenvalue weighted by atomic mass is 35.5. The highest BCUT2D eigenvalue weighted by molar-refractivity contribution is 7.80. The van der Waals surface area contributed by atoms with Crippen molar-refractivity contribution in [3.8, 4) is 0 Å². The van der Waals surface area contributed by atoms with Crippen molar-refractivity contribution >= 4 is 34.6 Å². The molecule has 6 heteroatoms. The van der Waals surface area contributed by atoms with Gasteiger partial charge >= 0.3 is 0 Å². The number of thiocarbonyl (C=S) groups is 1. The molecule has 0 aliphatic carbocycles. The van der Waals surface area contributed by atoms with Gasteiger partial charge in [0.25, 0.3) is 0 Å². The van der Waals surface area contributed by atoms with Crippen LogP contribution in [0.4, 0.5) is 10.1 Å². The van der Waals surface area contributed by atoms with Gasteiger partial charge in [0.2, 0.25) is 0 Å². The summed E-state index contributed by atoms with van der Waals surface area (Å²) in [6.45, 7) is 1.32. The van der Waals surface area contributed by atoms with E-state index in [1.807, 2.05) is 0 Å². The molecule has 0 saturated heterocycles. The van der Waals surface area contributed by atoms with Gasteiger partial charge in [-0.05, 0) is 36.8 Å². The lowest BCUT2D eigenvalue weighted by Gasteiger charge is -2.11. The average Bonchev–Trinajstić information content (AvgIpc) is 2.29. The zero-order chi connectivity index (χ0) is 12.7. The van der Waals surface area contributed by atoms with Crippen LogP contribution in [0.1, 0.15) is 6.42 Å². The van der Waals surface area contributed by atoms with Crippen LogP contribution in [0.5, 0.6) is 0 Å². The van der Waals surface area contributed by atoms with Crippen LogP contribution in [-0.2, 0) is 4.74 Å². The van der Waals surface area contributed by atoms with Crippen molar-refractivity contribution in [2.45, 2.75) is 6.42 Å². The van der Waals surface area contributed by atoms with Gasteiger partial charge in [-0.3, -0.25) is 0 Å². The van der Waals surface area contributed by atoms with E-state index in [4.69, 9.17) is 28.6 Å². The molecule has 0 aromatic heterocycles. The molecule has 0 bridgehead atoms. The van der Waals surface area contributed by atoms with Crippen LogP contribution < -0.4 is 10.6 Å². The predicted molar refractivity (Wildman–Crippen MR) is 72.1 cm³/mol. The van der Waals surface area contributed by atoms with E-state index in [1.165, 1.54) is 18.2 Å². The Labute approximate surface area is 110 Å². The van der Waals surface area contributed by atoms with Gasteiger partial charge in [0, 0.05) is 25.3 Å². The average molecular weight is 277 g/mol. The van der Waals surface area contributed by atoms with Crippen LogP contribution in [0.3, 0.4) is 0 Å². The fourth-order valence-electron chi connectivity index (χ4n) is 1.18. The first-order valence-corrected chi connectivity index (χ1v) is 5.91. The maximum atomic E-state index is 13.3. The third-order valence-corrected chi connectivity index (χ3v) is 2.47. The van der Waals surface area contributed by atoms with Crippen LogP contribution in [-0.4, -0.2) is 25.4 Å². The highest BCUT2D eigenvalue weighted by Crippen LogP contribution is 2.19. The smallest absolute Gasteiger partial charge is 0.170 e. The maximum Gasteiger partial charge on any atom is 0.170 e. The van der Waals surface area contributed by atoms with E-state index in [0.29, 0.717) is 23.3 Å². The Kier molecular flexibility index (Phi) is 6.18. The summed E-state index contributed by atoms with van der Waals surface area (Å²) in [6, 6.07) is 4.26. The van der Waals surface area contributed by atoms with Gasteiger partial charge in [-0.25, -0.2) is 4.39 Å². The minimum atomic E-state index is -0.393. The van der Waals surface area contributed by atoms with E-state index in [0.717, 1.165) is 6.42 Å². The quantitative estimate of drug-likeness (QED) is 0.640. The molecule has 1 rings (SSSR count). The second kappa shape index (κ2) is 7.42. The molecule has 1 aromatic rings. The first-order chi connectivity index (χ1) is 8.13. The number of rotatable bonds is 5. The lowest BCUT2D eigenvalue weighted by atomic mass is 10.3. The Morgan fingerprint density at radius 3 is 3.00 bits per heavy atom. The number of ether oxygens (including phenoxy) is 1. The molecule has 0 atom stereocenters. The van der Waals surface area contributed by atoms with E-state index in [-0.39, 0.29) is 5.69 Å². The van der Waals surface area contributed by atoms with Crippen molar-refractivity contribution in [3.63, 3.8) is 0 Å². The predicted octanol–water partition coefficient (Wildman–Crippen LogP) is 2.80. The van der Waals surface area contributed by atoms with E-state index >= 15 is 0 Å². The molecular formula is C11H14ClFN2OS. The molecule has 0 aliphatic rings. The Morgan fingerprint density at radius 2 is 2.29 bits per heavy atom. The van der Waals surface area contributed by atoms with Crippen LogP contribution in [0.2, 0.25) is 5.02 Å². The number of halogens is 2. The van der Waals surface area contributed by atoms with E-state index in [9.17, 15) is 4.39 Å². The molecule has 0 radical (unpaired) electrons. The van der Waals surface area contributed by atoms with Crippen LogP contribution in [0, 0.1) is 5.82 Å². The number of methoxy groups -OCH3 is 1. The second-order valence-corrected chi connectivity index (χ2v) is 4.20. The van der Waals surface area contributed by atoms with E-state index in [1.54, 1.807) is 7.11 Å². The van der Waals surface area contributed by atoms with Gasteiger partial charge < -0.3 is 15.4 Å². The number of hydrogen-bond acceptors (Lipinski definition) is 2. The second-order valence-electron chi connectivity index (χ2n) is 3.35. The lowest BCUT2D eigenvalue weighted by molar-refractivity contribution is 0.196. The zero-order valence-corrected chi connectivity index (χ0v) is 11.0. The molecule has 3 nitrogen and oxygen atoms in total. The summed E-state index contributed by atoms with van der Waals surface area (Å²) in [4.78, 5) is 0. The third kappa shape index (κ3) is 5.30. The highest BCUT2D eigenvalue weighted by Gasteiger charge is 2.04. The Morgan fingerprint density at radius 1 is 1.53 bits per heavy atom. The Balaban J connectivity index is 2.42. The van der Waals surface area contributed by atoms with Crippen molar-refractivity contribution in [1.82, 2.24) is 5.32 Å². The topological polar surface area (TPSA) is 33.3 Å². The Hall–Kier alpha value is -0.910. The van der Waals surface area contributed by atoms with Gasteiger partial charge in [0.15, 0.2) is 5.11 Å². The molecule has 0 heterocycles. The summed E-state index contributed by atoms with van der Waals surface area (Å²) in [6.07, 6.45) is 0.830. The molecule has 0 fully saturated rings. The molecule has 0 saturated carbocycles. The maximum absolute atomic E-state index is 13.3. The van der Waals surface area contributed by atoms with Crippen LogP contribution >= 0.6 is 23.8 Å². The van der Waals surface area contributed by atoms with E-state index in [2.05, 4.69) is 10.6 Å². The normalized spacial score (nSPS) is 10.1. The van der Waals surface area contributed by atoms with E-state index < -0.39 is 5.82 Å². The molecular weight excluding hydrogens is 263 g/mol. The van der Waals surface area contributed by atoms with Crippen LogP contribution in [0.25, 0.3) is 0 Å². The largest absolute Gasteiger partial charge is 0.385 e. The summed E-state index contributed by atoms with van der Waals surface area (Å²) in [7, 11) is 1.64. The number of benzene rings is 1. The van der Waals surface area contributed by atoms with Crippen molar-refractivity contribution in [3.05, 3.63) is 29.0 Å². The monoisotopic (exact) mass is 276 g/mol. The third-order valence-electron chi connectivity index (χ3n) is 1.99. The van der Waals surface area contributed by atoms with Crippen molar-refractivity contribution in [2.75, 3.05) is 25.6 Å². The van der Waals surface area contributed by atoms with Gasteiger partial charge in [-0.15, -0.1) is 0 Å². The van der Waals surface area contributed by atoms with Gasteiger partial charge in [0.05, 0.1) is 5.69 Å². The zero-order valence-electron chi connectivity index (χ0n) is 9.43. The standard InChI is InChI=1S/C11H14ClFN2OS/c1-16-6-2-5-14-11(17)15-10-7-8(12)3-4-9(10)13/h3-4,7H,2,5-6H2,1H3,(H2,14,15,17). The SMILES string of the molecule is COCCCNC(=S)Nc1cc(Cl)ccc1F. The Bertz CT molecular complexity index is 390. The minimum Gasteiger partial charge on any atom is -0.385 e. The lowest BCUT2D eigenvalue weighted by Crippen LogP contribution is -2.30. The molecule has 17 heavy (non-hydrogen) atoms. The van der Waals surface area contributed by atoms with Gasteiger partial charge in [-0.2, -0.15) is 0 Å².